The van der Waals surface area contributed by atoms with E-state index in [9.17, 15) is 9.18 Å². The minimum absolute atomic E-state index is 0.0175. The molecule has 3 heterocycles. The Hall–Kier alpha value is -2.18. The third-order valence-electron chi connectivity index (χ3n) is 5.26. The summed E-state index contributed by atoms with van der Waals surface area (Å²) in [5.74, 6) is 0.629. The number of halogens is 3. The Balaban J connectivity index is 2.03. The van der Waals surface area contributed by atoms with Crippen LogP contribution in [0.3, 0.4) is 0 Å². The summed E-state index contributed by atoms with van der Waals surface area (Å²) in [6.07, 6.45) is 3.52. The largest absolute Gasteiger partial charge is 0.356 e. The van der Waals surface area contributed by atoms with Gasteiger partial charge in [0.25, 0.3) is 0 Å². The van der Waals surface area contributed by atoms with Gasteiger partial charge in [-0.15, -0.1) is 0 Å². The van der Waals surface area contributed by atoms with Crippen molar-refractivity contribution in [2.75, 3.05) is 18.0 Å². The summed E-state index contributed by atoms with van der Waals surface area (Å²) in [7, 11) is 0. The first-order valence-electron chi connectivity index (χ1n) is 9.16. The number of fused-ring (bicyclic) bond motifs is 1. The van der Waals surface area contributed by atoms with E-state index in [4.69, 9.17) is 23.2 Å². The monoisotopic (exact) mass is 420 g/mol. The minimum atomic E-state index is -0.529. The summed E-state index contributed by atoms with van der Waals surface area (Å²) in [4.78, 5) is 18.6. The average Bonchev–Trinajstić information content (AvgIpc) is 3.08. The number of anilines is 1. The molecule has 28 heavy (non-hydrogen) atoms. The first-order valence-corrected chi connectivity index (χ1v) is 9.91. The Bertz CT molecular complexity index is 1070. The van der Waals surface area contributed by atoms with Gasteiger partial charge in [-0.25, -0.2) is 9.37 Å². The van der Waals surface area contributed by atoms with Gasteiger partial charge in [0.05, 0.1) is 22.3 Å². The predicted molar refractivity (Wildman–Crippen MR) is 109 cm³/mol. The van der Waals surface area contributed by atoms with Crippen molar-refractivity contribution in [2.45, 2.75) is 26.7 Å². The maximum absolute atomic E-state index is 14.2. The van der Waals surface area contributed by atoms with E-state index in [1.807, 2.05) is 0 Å². The number of Topliss-reactive ketones (excluding diaryl/α,β-unsaturated/α-hetero) is 1. The molecule has 0 aliphatic carbocycles. The van der Waals surface area contributed by atoms with Crippen LogP contribution in [0.25, 0.3) is 16.8 Å². The number of nitrogens with zero attached hydrogens (tertiary/aromatic N) is 4. The van der Waals surface area contributed by atoms with Crippen molar-refractivity contribution >= 4 is 40.5 Å². The van der Waals surface area contributed by atoms with Gasteiger partial charge in [-0.3, -0.25) is 4.79 Å². The normalized spacial score (nSPS) is 15.4. The maximum atomic E-state index is 14.2. The summed E-state index contributed by atoms with van der Waals surface area (Å²) >= 11 is 12.9. The lowest BCUT2D eigenvalue weighted by molar-refractivity contribution is 0.101. The molecule has 0 spiro atoms. The number of benzene rings is 1. The summed E-state index contributed by atoms with van der Waals surface area (Å²) in [6, 6.07) is 4.60. The molecule has 1 aliphatic rings. The van der Waals surface area contributed by atoms with E-state index in [2.05, 4.69) is 21.9 Å². The van der Waals surface area contributed by atoms with Crippen molar-refractivity contribution in [1.29, 1.82) is 0 Å². The van der Waals surface area contributed by atoms with E-state index < -0.39 is 5.82 Å². The number of carbonyl (C=O) groups excluding carboxylic acids is 1. The number of aromatic nitrogens is 3. The van der Waals surface area contributed by atoms with Gasteiger partial charge in [-0.05, 0) is 31.7 Å². The van der Waals surface area contributed by atoms with Crippen LogP contribution >= 0.6 is 23.2 Å². The molecule has 1 fully saturated rings. The van der Waals surface area contributed by atoms with Crippen molar-refractivity contribution in [1.82, 2.24) is 14.6 Å². The van der Waals surface area contributed by atoms with Gasteiger partial charge in [0.15, 0.2) is 11.4 Å². The van der Waals surface area contributed by atoms with Gasteiger partial charge in [0.2, 0.25) is 0 Å². The molecule has 0 N–H and O–H groups in total. The van der Waals surface area contributed by atoms with Crippen LogP contribution in [0, 0.1) is 11.7 Å². The molecule has 3 aromatic rings. The zero-order valence-corrected chi connectivity index (χ0v) is 17.1. The number of hydrogen-bond donors (Lipinski definition) is 0. The first kappa shape index (κ1) is 19.2. The van der Waals surface area contributed by atoms with E-state index in [0.717, 1.165) is 25.9 Å². The van der Waals surface area contributed by atoms with Crippen LogP contribution in [-0.2, 0) is 0 Å². The lowest BCUT2D eigenvalue weighted by Gasteiger charge is -2.33. The zero-order chi connectivity index (χ0) is 20.0. The minimum Gasteiger partial charge on any atom is -0.356 e. The molecule has 1 aliphatic heterocycles. The Morgan fingerprint density at radius 1 is 1.25 bits per heavy atom. The van der Waals surface area contributed by atoms with Crippen molar-refractivity contribution < 1.29 is 9.18 Å². The van der Waals surface area contributed by atoms with Crippen LogP contribution in [-0.4, -0.2) is 33.5 Å². The van der Waals surface area contributed by atoms with Gasteiger partial charge in [0, 0.05) is 18.7 Å². The van der Waals surface area contributed by atoms with Crippen molar-refractivity contribution in [2.24, 2.45) is 5.92 Å². The van der Waals surface area contributed by atoms with Crippen LogP contribution in [0.2, 0.25) is 10.2 Å². The molecule has 5 nitrogen and oxygen atoms in total. The second kappa shape index (κ2) is 7.33. The van der Waals surface area contributed by atoms with Crippen molar-refractivity contribution in [3.05, 3.63) is 46.0 Å². The molecule has 146 valence electrons. The summed E-state index contributed by atoms with van der Waals surface area (Å²) < 4.78 is 15.8. The van der Waals surface area contributed by atoms with Gasteiger partial charge < -0.3 is 4.90 Å². The van der Waals surface area contributed by atoms with Gasteiger partial charge in [0.1, 0.15) is 16.8 Å². The van der Waals surface area contributed by atoms with E-state index in [1.54, 1.807) is 16.6 Å². The summed E-state index contributed by atoms with van der Waals surface area (Å²) in [5, 5.41) is 4.56. The smallest absolute Gasteiger partial charge is 0.169 e. The van der Waals surface area contributed by atoms with Crippen LogP contribution in [0.15, 0.2) is 24.4 Å². The Morgan fingerprint density at radius 3 is 2.64 bits per heavy atom. The van der Waals surface area contributed by atoms with Crippen molar-refractivity contribution in [3.8, 4) is 11.1 Å². The second-order valence-electron chi connectivity index (χ2n) is 7.22. The number of piperidine rings is 1. The van der Waals surface area contributed by atoms with Gasteiger partial charge in [-0.2, -0.15) is 9.61 Å². The number of ketones is 1. The van der Waals surface area contributed by atoms with Crippen LogP contribution in [0.1, 0.15) is 37.0 Å². The fraction of sp³-hybridized carbons (Fsp3) is 0.350. The molecular weight excluding hydrogens is 402 g/mol. The first-order chi connectivity index (χ1) is 13.4. The van der Waals surface area contributed by atoms with Gasteiger partial charge >= 0.3 is 0 Å². The number of hydrogen-bond acceptors (Lipinski definition) is 4. The quantitative estimate of drug-likeness (QED) is 0.427. The molecule has 1 aromatic carbocycles. The second-order valence-corrected chi connectivity index (χ2v) is 7.96. The fourth-order valence-corrected chi connectivity index (χ4v) is 4.13. The Morgan fingerprint density at radius 2 is 1.96 bits per heavy atom. The highest BCUT2D eigenvalue weighted by atomic mass is 35.5. The van der Waals surface area contributed by atoms with Crippen molar-refractivity contribution in [3.63, 3.8) is 0 Å². The summed E-state index contributed by atoms with van der Waals surface area (Å²) in [6.45, 7) is 5.28. The Kier molecular flexibility index (Phi) is 5.02. The standard InChI is InChI=1S/C20H19Cl2FN4O/c1-11-6-8-26(9-7-11)20-16(13-4-3-5-15(23)17(13)21)18(22)25-19-14(12(2)28)10-24-27(19)20/h3-5,10-11H,6-9H2,1-2H3. The maximum Gasteiger partial charge on any atom is 0.169 e. The highest BCUT2D eigenvalue weighted by Crippen LogP contribution is 2.42. The predicted octanol–water partition coefficient (Wildman–Crippen LogP) is 5.28. The van der Waals surface area contributed by atoms with Crippen LogP contribution < -0.4 is 4.90 Å². The lowest BCUT2D eigenvalue weighted by atomic mass is 9.98. The number of rotatable bonds is 3. The molecule has 1 saturated heterocycles. The highest BCUT2D eigenvalue weighted by molar-refractivity contribution is 6.36. The molecule has 0 unspecified atom stereocenters. The zero-order valence-electron chi connectivity index (χ0n) is 15.5. The van der Waals surface area contributed by atoms with Gasteiger partial charge in [-0.1, -0.05) is 42.3 Å². The topological polar surface area (TPSA) is 50.5 Å². The van der Waals surface area contributed by atoms with E-state index in [1.165, 1.54) is 19.2 Å². The summed E-state index contributed by atoms with van der Waals surface area (Å²) in [5.41, 5.74) is 1.76. The molecule has 0 radical (unpaired) electrons. The molecular formula is C20H19Cl2FN4O. The number of carbonyl (C=O) groups is 1. The van der Waals surface area contributed by atoms with Crippen LogP contribution in [0.4, 0.5) is 10.2 Å². The molecule has 0 bridgehead atoms. The highest BCUT2D eigenvalue weighted by Gasteiger charge is 2.28. The third-order valence-corrected chi connectivity index (χ3v) is 5.92. The van der Waals surface area contributed by atoms with E-state index in [0.29, 0.717) is 34.1 Å². The molecule has 4 rings (SSSR count). The molecule has 2 aromatic heterocycles. The Labute approximate surface area is 172 Å². The molecule has 8 heteroatoms. The fourth-order valence-electron chi connectivity index (χ4n) is 3.64. The van der Waals surface area contributed by atoms with Crippen LogP contribution in [0.5, 0.6) is 0 Å². The van der Waals surface area contributed by atoms with E-state index >= 15 is 0 Å². The third kappa shape index (κ3) is 3.14. The lowest BCUT2D eigenvalue weighted by Crippen LogP contribution is -2.35. The SMILES string of the molecule is CC(=O)c1cnn2c(N3CCC(C)CC3)c(-c3cccc(F)c3Cl)c(Cl)nc12. The molecule has 0 saturated carbocycles. The average molecular weight is 421 g/mol. The van der Waals surface area contributed by atoms with E-state index in [-0.39, 0.29) is 16.0 Å². The molecule has 0 amide bonds. The molecule has 0 atom stereocenters.